The summed E-state index contributed by atoms with van der Waals surface area (Å²) in [4.78, 5) is 12.5. The van der Waals surface area contributed by atoms with E-state index in [9.17, 15) is 13.2 Å². The molecule has 0 bridgehead atoms. The number of benzene rings is 2. The molecule has 1 saturated heterocycles. The van der Waals surface area contributed by atoms with Crippen molar-refractivity contribution in [1.82, 2.24) is 4.31 Å². The van der Waals surface area contributed by atoms with Gasteiger partial charge in [0.05, 0.1) is 11.5 Å². The average Bonchev–Trinajstić information content (AvgIpc) is 3.39. The van der Waals surface area contributed by atoms with E-state index in [1.54, 1.807) is 24.3 Å². The van der Waals surface area contributed by atoms with Crippen LogP contribution in [0, 0.1) is 0 Å². The van der Waals surface area contributed by atoms with Crippen LogP contribution < -0.4 is 14.8 Å². The molecule has 0 atom stereocenters. The van der Waals surface area contributed by atoms with Crippen LogP contribution >= 0.6 is 0 Å². The summed E-state index contributed by atoms with van der Waals surface area (Å²) in [5.74, 6) is 1.04. The number of carbonyl (C=O) groups is 1. The molecule has 0 radical (unpaired) electrons. The highest BCUT2D eigenvalue weighted by molar-refractivity contribution is 7.89. The van der Waals surface area contributed by atoms with Gasteiger partial charge in [0.1, 0.15) is 11.5 Å². The molecule has 2 aromatic carbocycles. The number of unbranched alkanes of at least 4 members (excludes halogenated alkanes) is 5. The summed E-state index contributed by atoms with van der Waals surface area (Å²) in [5.41, 5.74) is 0.521. The molecule has 1 amide bonds. The van der Waals surface area contributed by atoms with E-state index in [0.29, 0.717) is 31.1 Å². The molecule has 2 aromatic rings. The minimum Gasteiger partial charge on any atom is -0.494 e. The summed E-state index contributed by atoms with van der Waals surface area (Å²) in [6.07, 6.45) is 9.13. The lowest BCUT2D eigenvalue weighted by Gasteiger charge is -2.15. The van der Waals surface area contributed by atoms with Gasteiger partial charge in [-0.2, -0.15) is 4.31 Å². The molecule has 1 N–H and O–H groups in total. The van der Waals surface area contributed by atoms with Gasteiger partial charge in [0.25, 0.3) is 5.91 Å². The Morgan fingerprint density at radius 3 is 2.09 bits per heavy atom. The first-order valence-electron chi connectivity index (χ1n) is 12.2. The number of amides is 1. The fraction of sp³-hybridized carbons (Fsp3) is 0.500. The van der Waals surface area contributed by atoms with E-state index < -0.39 is 10.0 Å². The van der Waals surface area contributed by atoms with Crippen LogP contribution in [0.1, 0.15) is 58.3 Å². The second-order valence-electron chi connectivity index (χ2n) is 8.56. The van der Waals surface area contributed by atoms with Gasteiger partial charge in [0.15, 0.2) is 6.61 Å². The molecule has 0 aromatic heterocycles. The van der Waals surface area contributed by atoms with Crippen molar-refractivity contribution in [3.63, 3.8) is 0 Å². The minimum atomic E-state index is -3.46. The standard InChI is InChI=1S/C26H36N2O5S/c1-2-3-4-5-6-9-20-32-23-12-14-24(15-13-23)33-21-26(29)27-22-10-16-25(17-11-22)34(30,31)28-18-7-8-19-28/h10-17H,2-9,18-21H2,1H3,(H,27,29). The molecule has 34 heavy (non-hydrogen) atoms. The van der Waals surface area contributed by atoms with Crippen molar-refractivity contribution in [3.05, 3.63) is 48.5 Å². The van der Waals surface area contributed by atoms with Crippen LogP contribution in [0.15, 0.2) is 53.4 Å². The highest BCUT2D eigenvalue weighted by atomic mass is 32.2. The van der Waals surface area contributed by atoms with Gasteiger partial charge in [-0.3, -0.25) is 4.79 Å². The van der Waals surface area contributed by atoms with Crippen molar-refractivity contribution in [1.29, 1.82) is 0 Å². The van der Waals surface area contributed by atoms with Crippen molar-refractivity contribution < 1.29 is 22.7 Å². The number of ether oxygens (including phenoxy) is 2. The van der Waals surface area contributed by atoms with Gasteiger partial charge >= 0.3 is 0 Å². The zero-order valence-electron chi connectivity index (χ0n) is 20.0. The van der Waals surface area contributed by atoms with Crippen LogP contribution in [0.25, 0.3) is 0 Å². The zero-order valence-corrected chi connectivity index (χ0v) is 20.8. The van der Waals surface area contributed by atoms with E-state index in [0.717, 1.165) is 25.0 Å². The van der Waals surface area contributed by atoms with Gasteiger partial charge in [0, 0.05) is 18.8 Å². The van der Waals surface area contributed by atoms with Crippen LogP contribution in [0.2, 0.25) is 0 Å². The summed E-state index contributed by atoms with van der Waals surface area (Å²) < 4.78 is 38.0. The summed E-state index contributed by atoms with van der Waals surface area (Å²) in [6, 6.07) is 13.5. The molecule has 0 spiro atoms. The van der Waals surface area contributed by atoms with Crippen LogP contribution in [0.5, 0.6) is 11.5 Å². The SMILES string of the molecule is CCCCCCCCOc1ccc(OCC(=O)Nc2ccc(S(=O)(=O)N3CCCC3)cc2)cc1. The molecule has 1 heterocycles. The highest BCUT2D eigenvalue weighted by Gasteiger charge is 2.26. The van der Waals surface area contributed by atoms with Crippen molar-refractivity contribution >= 4 is 21.6 Å². The third kappa shape index (κ3) is 8.02. The first kappa shape index (κ1) is 26.0. The number of carbonyl (C=O) groups excluding carboxylic acids is 1. The maximum atomic E-state index is 12.6. The number of nitrogens with zero attached hydrogens (tertiary/aromatic N) is 1. The Morgan fingerprint density at radius 2 is 1.44 bits per heavy atom. The molecule has 1 aliphatic heterocycles. The fourth-order valence-electron chi connectivity index (χ4n) is 3.84. The summed E-state index contributed by atoms with van der Waals surface area (Å²) in [6.45, 7) is 3.89. The number of hydrogen-bond donors (Lipinski definition) is 1. The second-order valence-corrected chi connectivity index (χ2v) is 10.5. The number of anilines is 1. The summed E-state index contributed by atoms with van der Waals surface area (Å²) in [7, 11) is -3.46. The lowest BCUT2D eigenvalue weighted by Crippen LogP contribution is -2.27. The molecule has 7 nitrogen and oxygen atoms in total. The molecule has 0 saturated carbocycles. The second kappa shape index (κ2) is 13.3. The maximum absolute atomic E-state index is 12.6. The van der Waals surface area contributed by atoms with Crippen molar-refractivity contribution in [2.24, 2.45) is 0 Å². The Morgan fingerprint density at radius 1 is 0.853 bits per heavy atom. The summed E-state index contributed by atoms with van der Waals surface area (Å²) >= 11 is 0. The largest absolute Gasteiger partial charge is 0.494 e. The van der Waals surface area contributed by atoms with E-state index >= 15 is 0 Å². The fourth-order valence-corrected chi connectivity index (χ4v) is 5.36. The van der Waals surface area contributed by atoms with Crippen LogP contribution in [0.4, 0.5) is 5.69 Å². The normalized spacial score (nSPS) is 14.1. The maximum Gasteiger partial charge on any atom is 0.262 e. The molecule has 0 unspecified atom stereocenters. The van der Waals surface area contributed by atoms with Crippen molar-refractivity contribution in [2.45, 2.75) is 63.2 Å². The Kier molecular flexibility index (Phi) is 10.2. The van der Waals surface area contributed by atoms with Gasteiger partial charge in [0.2, 0.25) is 10.0 Å². The molecule has 186 valence electrons. The average molecular weight is 489 g/mol. The predicted octanol–water partition coefficient (Wildman–Crippen LogP) is 5.23. The number of sulfonamides is 1. The molecular weight excluding hydrogens is 452 g/mol. The van der Waals surface area contributed by atoms with E-state index in [1.807, 2.05) is 12.1 Å². The van der Waals surface area contributed by atoms with E-state index in [1.165, 1.54) is 48.5 Å². The predicted molar refractivity (Wildman–Crippen MR) is 134 cm³/mol. The van der Waals surface area contributed by atoms with Crippen LogP contribution in [-0.2, 0) is 14.8 Å². The van der Waals surface area contributed by atoms with Crippen molar-refractivity contribution in [3.8, 4) is 11.5 Å². The molecular formula is C26H36N2O5S. The zero-order chi connectivity index (χ0) is 24.2. The Balaban J connectivity index is 1.37. The van der Waals surface area contributed by atoms with Gasteiger partial charge in [-0.1, -0.05) is 39.0 Å². The van der Waals surface area contributed by atoms with E-state index in [4.69, 9.17) is 9.47 Å². The van der Waals surface area contributed by atoms with Crippen LogP contribution in [-0.4, -0.2) is 44.9 Å². The first-order chi connectivity index (χ1) is 16.5. The van der Waals surface area contributed by atoms with Gasteiger partial charge in [-0.05, 0) is 67.8 Å². The minimum absolute atomic E-state index is 0.147. The smallest absolute Gasteiger partial charge is 0.262 e. The first-order valence-corrected chi connectivity index (χ1v) is 13.7. The van der Waals surface area contributed by atoms with Crippen LogP contribution in [0.3, 0.4) is 0 Å². The van der Waals surface area contributed by atoms with E-state index in [2.05, 4.69) is 12.2 Å². The molecule has 1 fully saturated rings. The Bertz CT molecular complexity index is 985. The number of nitrogens with one attached hydrogen (secondary N) is 1. The third-order valence-electron chi connectivity index (χ3n) is 5.80. The number of rotatable bonds is 14. The quantitative estimate of drug-likeness (QED) is 0.368. The lowest BCUT2D eigenvalue weighted by molar-refractivity contribution is -0.118. The topological polar surface area (TPSA) is 84.9 Å². The van der Waals surface area contributed by atoms with E-state index in [-0.39, 0.29) is 17.4 Å². The molecule has 1 aliphatic rings. The van der Waals surface area contributed by atoms with Gasteiger partial charge in [-0.25, -0.2) is 8.42 Å². The van der Waals surface area contributed by atoms with Gasteiger partial charge in [-0.15, -0.1) is 0 Å². The Labute approximate surface area is 203 Å². The summed E-state index contributed by atoms with van der Waals surface area (Å²) in [5, 5.41) is 2.73. The number of hydrogen-bond acceptors (Lipinski definition) is 5. The monoisotopic (exact) mass is 488 g/mol. The highest BCUT2D eigenvalue weighted by Crippen LogP contribution is 2.22. The lowest BCUT2D eigenvalue weighted by atomic mass is 10.1. The molecule has 3 rings (SSSR count). The van der Waals surface area contributed by atoms with Gasteiger partial charge < -0.3 is 14.8 Å². The van der Waals surface area contributed by atoms with Crippen molar-refractivity contribution in [2.75, 3.05) is 31.6 Å². The third-order valence-corrected chi connectivity index (χ3v) is 7.71. The Hall–Kier alpha value is -2.58. The molecule has 8 heteroatoms. The molecule has 0 aliphatic carbocycles.